The minimum absolute atomic E-state index is 0.239. The van der Waals surface area contributed by atoms with Crippen LogP contribution in [0.5, 0.6) is 0 Å². The normalized spacial score (nSPS) is 15.4. The molecule has 0 saturated carbocycles. The Balaban J connectivity index is 2.43. The molecular formula is C10H10FNO. The van der Waals surface area contributed by atoms with Crippen LogP contribution in [0.1, 0.15) is 11.1 Å². The van der Waals surface area contributed by atoms with Crippen LogP contribution in [-0.4, -0.2) is 6.54 Å². The largest absolute Gasteiger partial charge is 0.408 e. The number of hydroxylamine groups is 1. The highest BCUT2D eigenvalue weighted by Gasteiger charge is 2.11. The number of hydrogen-bond acceptors (Lipinski definition) is 2. The van der Waals surface area contributed by atoms with Gasteiger partial charge in [-0.15, -0.1) is 0 Å². The summed E-state index contributed by atoms with van der Waals surface area (Å²) in [5, 5.41) is 0. The van der Waals surface area contributed by atoms with Gasteiger partial charge in [0.1, 0.15) is 5.82 Å². The van der Waals surface area contributed by atoms with Crippen LogP contribution in [0.3, 0.4) is 0 Å². The van der Waals surface area contributed by atoms with Crippen LogP contribution in [0.4, 0.5) is 4.39 Å². The summed E-state index contributed by atoms with van der Waals surface area (Å²) >= 11 is 0. The minimum atomic E-state index is -0.239. The Kier molecular flexibility index (Phi) is 2.02. The SMILES string of the molecule is Cc1ccc(F)cc1C1=CCNO1. The molecule has 1 aromatic rings. The zero-order valence-electron chi connectivity index (χ0n) is 7.30. The predicted molar refractivity (Wildman–Crippen MR) is 48.2 cm³/mol. The van der Waals surface area contributed by atoms with E-state index < -0.39 is 0 Å². The van der Waals surface area contributed by atoms with Crippen molar-refractivity contribution >= 4 is 5.76 Å². The van der Waals surface area contributed by atoms with Crippen molar-refractivity contribution in [2.45, 2.75) is 6.92 Å². The molecule has 0 unspecified atom stereocenters. The molecule has 1 heterocycles. The molecule has 13 heavy (non-hydrogen) atoms. The fourth-order valence-electron chi connectivity index (χ4n) is 1.32. The van der Waals surface area contributed by atoms with Gasteiger partial charge in [-0.1, -0.05) is 6.07 Å². The van der Waals surface area contributed by atoms with E-state index in [1.807, 2.05) is 13.0 Å². The quantitative estimate of drug-likeness (QED) is 0.712. The third kappa shape index (κ3) is 1.55. The fourth-order valence-corrected chi connectivity index (χ4v) is 1.32. The Morgan fingerprint density at radius 2 is 2.31 bits per heavy atom. The molecule has 1 aliphatic rings. The van der Waals surface area contributed by atoms with Gasteiger partial charge < -0.3 is 4.84 Å². The molecule has 2 nitrogen and oxygen atoms in total. The predicted octanol–water partition coefficient (Wildman–Crippen LogP) is 2.01. The van der Waals surface area contributed by atoms with E-state index in [0.29, 0.717) is 12.3 Å². The number of nitrogens with one attached hydrogen (secondary N) is 1. The van der Waals surface area contributed by atoms with E-state index in [2.05, 4.69) is 5.48 Å². The molecule has 0 atom stereocenters. The molecule has 0 aliphatic carbocycles. The maximum Gasteiger partial charge on any atom is 0.152 e. The molecule has 2 rings (SSSR count). The summed E-state index contributed by atoms with van der Waals surface area (Å²) in [4.78, 5) is 5.12. The van der Waals surface area contributed by atoms with Crippen LogP contribution in [0, 0.1) is 12.7 Å². The summed E-state index contributed by atoms with van der Waals surface area (Å²) in [6.45, 7) is 2.60. The van der Waals surface area contributed by atoms with Crippen molar-refractivity contribution in [3.63, 3.8) is 0 Å². The summed E-state index contributed by atoms with van der Waals surface area (Å²) in [5.41, 5.74) is 4.52. The third-order valence-corrected chi connectivity index (χ3v) is 2.02. The lowest BCUT2D eigenvalue weighted by molar-refractivity contribution is 0.191. The zero-order valence-corrected chi connectivity index (χ0v) is 7.30. The summed E-state index contributed by atoms with van der Waals surface area (Å²) < 4.78 is 12.9. The Morgan fingerprint density at radius 1 is 1.46 bits per heavy atom. The van der Waals surface area contributed by atoms with Gasteiger partial charge in [0.15, 0.2) is 5.76 Å². The van der Waals surface area contributed by atoms with Crippen LogP contribution < -0.4 is 5.48 Å². The first kappa shape index (κ1) is 8.26. The molecule has 1 aromatic carbocycles. The van der Waals surface area contributed by atoms with Gasteiger partial charge in [0.05, 0.1) is 6.54 Å². The molecule has 0 aromatic heterocycles. The first-order valence-electron chi connectivity index (χ1n) is 4.14. The third-order valence-electron chi connectivity index (χ3n) is 2.02. The van der Waals surface area contributed by atoms with E-state index >= 15 is 0 Å². The van der Waals surface area contributed by atoms with Crippen molar-refractivity contribution in [2.24, 2.45) is 0 Å². The molecule has 1 N–H and O–H groups in total. The summed E-state index contributed by atoms with van der Waals surface area (Å²) in [6.07, 6.45) is 1.89. The average molecular weight is 179 g/mol. The topological polar surface area (TPSA) is 21.3 Å². The van der Waals surface area contributed by atoms with Crippen molar-refractivity contribution in [1.82, 2.24) is 5.48 Å². The van der Waals surface area contributed by atoms with Crippen molar-refractivity contribution in [1.29, 1.82) is 0 Å². The second kappa shape index (κ2) is 3.18. The van der Waals surface area contributed by atoms with Gasteiger partial charge in [0, 0.05) is 5.56 Å². The van der Waals surface area contributed by atoms with E-state index in [1.165, 1.54) is 12.1 Å². The Labute approximate surface area is 76.0 Å². The first-order valence-corrected chi connectivity index (χ1v) is 4.14. The highest BCUT2D eigenvalue weighted by molar-refractivity contribution is 5.63. The second-order valence-corrected chi connectivity index (χ2v) is 2.98. The van der Waals surface area contributed by atoms with Gasteiger partial charge >= 0.3 is 0 Å². The average Bonchev–Trinajstić information content (AvgIpc) is 2.61. The highest BCUT2D eigenvalue weighted by atomic mass is 19.1. The number of aryl methyl sites for hydroxylation is 1. The molecule has 0 saturated heterocycles. The van der Waals surface area contributed by atoms with Gasteiger partial charge in [-0.3, -0.25) is 0 Å². The van der Waals surface area contributed by atoms with Crippen LogP contribution in [0.15, 0.2) is 24.3 Å². The number of rotatable bonds is 1. The van der Waals surface area contributed by atoms with Gasteiger partial charge in [-0.2, -0.15) is 5.48 Å². The Morgan fingerprint density at radius 3 is 3.00 bits per heavy atom. The monoisotopic (exact) mass is 179 g/mol. The van der Waals surface area contributed by atoms with Crippen molar-refractivity contribution in [2.75, 3.05) is 6.54 Å². The summed E-state index contributed by atoms with van der Waals surface area (Å²) in [6, 6.07) is 4.67. The maximum absolute atomic E-state index is 12.9. The molecule has 0 spiro atoms. The number of halogens is 1. The second-order valence-electron chi connectivity index (χ2n) is 2.98. The fraction of sp³-hybridized carbons (Fsp3) is 0.200. The molecule has 0 fully saturated rings. The smallest absolute Gasteiger partial charge is 0.152 e. The van der Waals surface area contributed by atoms with Gasteiger partial charge in [-0.05, 0) is 30.7 Å². The molecule has 3 heteroatoms. The lowest BCUT2D eigenvalue weighted by Gasteiger charge is -2.06. The maximum atomic E-state index is 12.9. The number of benzene rings is 1. The van der Waals surface area contributed by atoms with Crippen molar-refractivity contribution < 1.29 is 9.23 Å². The van der Waals surface area contributed by atoms with E-state index in [9.17, 15) is 4.39 Å². The van der Waals surface area contributed by atoms with E-state index in [4.69, 9.17) is 4.84 Å². The Hall–Kier alpha value is -1.35. The zero-order chi connectivity index (χ0) is 9.26. The van der Waals surface area contributed by atoms with Crippen molar-refractivity contribution in [3.8, 4) is 0 Å². The van der Waals surface area contributed by atoms with Gasteiger partial charge in [0.25, 0.3) is 0 Å². The molecular weight excluding hydrogens is 169 g/mol. The minimum Gasteiger partial charge on any atom is -0.408 e. The van der Waals surface area contributed by atoms with Gasteiger partial charge in [-0.25, -0.2) is 4.39 Å². The number of hydrogen-bond donors (Lipinski definition) is 1. The first-order chi connectivity index (χ1) is 6.27. The van der Waals surface area contributed by atoms with Gasteiger partial charge in [0.2, 0.25) is 0 Å². The standard InChI is InChI=1S/C10H10FNO/c1-7-2-3-8(11)6-9(7)10-4-5-12-13-10/h2-4,6,12H,5H2,1H3. The van der Waals surface area contributed by atoms with Crippen LogP contribution in [0.2, 0.25) is 0 Å². The Bertz CT molecular complexity index is 360. The summed E-state index contributed by atoms with van der Waals surface area (Å²) in [5.74, 6) is 0.467. The summed E-state index contributed by atoms with van der Waals surface area (Å²) in [7, 11) is 0. The van der Waals surface area contributed by atoms with Crippen molar-refractivity contribution in [3.05, 3.63) is 41.2 Å². The molecule has 68 valence electrons. The van der Waals surface area contributed by atoms with Crippen LogP contribution in [0.25, 0.3) is 5.76 Å². The molecule has 0 radical (unpaired) electrons. The molecule has 0 bridgehead atoms. The van der Waals surface area contributed by atoms with E-state index in [0.717, 1.165) is 11.1 Å². The van der Waals surface area contributed by atoms with E-state index in [-0.39, 0.29) is 5.82 Å². The lowest BCUT2D eigenvalue weighted by atomic mass is 10.1. The van der Waals surface area contributed by atoms with E-state index in [1.54, 1.807) is 6.07 Å². The van der Waals surface area contributed by atoms with Crippen LogP contribution >= 0.6 is 0 Å². The van der Waals surface area contributed by atoms with Crippen LogP contribution in [-0.2, 0) is 4.84 Å². The molecule has 1 aliphatic heterocycles. The highest BCUT2D eigenvalue weighted by Crippen LogP contribution is 2.22. The molecule has 0 amide bonds. The lowest BCUT2D eigenvalue weighted by Crippen LogP contribution is -2.04.